The molecule has 0 aromatic heterocycles. The molecule has 0 spiro atoms. The van der Waals surface area contributed by atoms with Crippen molar-refractivity contribution in [3.8, 4) is 0 Å². The zero-order valence-corrected chi connectivity index (χ0v) is 13.0. The summed E-state index contributed by atoms with van der Waals surface area (Å²) in [6.07, 6.45) is 3.03. The van der Waals surface area contributed by atoms with Gasteiger partial charge in [-0.2, -0.15) is 0 Å². The van der Waals surface area contributed by atoms with Crippen molar-refractivity contribution in [2.75, 3.05) is 6.61 Å². The van der Waals surface area contributed by atoms with Crippen molar-refractivity contribution in [3.05, 3.63) is 33.3 Å². The maximum atomic E-state index is 12.1. The fourth-order valence-electron chi connectivity index (χ4n) is 2.54. The Hall–Kier alpha value is -0.770. The summed E-state index contributed by atoms with van der Waals surface area (Å²) in [7, 11) is 0. The smallest absolute Gasteiger partial charge is 0.309 e. The van der Waals surface area contributed by atoms with Crippen LogP contribution < -0.4 is 5.73 Å². The predicted molar refractivity (Wildman–Crippen MR) is 81.1 cm³/mol. The summed E-state index contributed by atoms with van der Waals surface area (Å²) >= 11 is 12.3. The van der Waals surface area contributed by atoms with Gasteiger partial charge in [-0.05, 0) is 36.5 Å². The lowest BCUT2D eigenvalue weighted by atomic mass is 9.81. The van der Waals surface area contributed by atoms with E-state index in [0.717, 1.165) is 24.0 Å². The van der Waals surface area contributed by atoms with Crippen LogP contribution in [0.4, 0.5) is 0 Å². The van der Waals surface area contributed by atoms with Gasteiger partial charge in [-0.3, -0.25) is 4.79 Å². The number of halogens is 2. The van der Waals surface area contributed by atoms with E-state index in [1.807, 2.05) is 6.07 Å². The zero-order valence-electron chi connectivity index (χ0n) is 11.5. The summed E-state index contributed by atoms with van der Waals surface area (Å²) in [5.41, 5.74) is 8.01. The Kier molecular flexibility index (Phi) is 5.30. The Balaban J connectivity index is 2.14. The molecule has 0 bridgehead atoms. The number of rotatable bonds is 4. The molecule has 20 heavy (non-hydrogen) atoms. The van der Waals surface area contributed by atoms with Gasteiger partial charge in [0.1, 0.15) is 0 Å². The van der Waals surface area contributed by atoms with E-state index < -0.39 is 0 Å². The van der Waals surface area contributed by atoms with Gasteiger partial charge in [0.15, 0.2) is 0 Å². The van der Waals surface area contributed by atoms with E-state index in [0.29, 0.717) is 29.5 Å². The molecule has 0 radical (unpaired) electrons. The molecule has 0 unspecified atom stereocenters. The largest absolute Gasteiger partial charge is 0.465 e. The van der Waals surface area contributed by atoms with Crippen LogP contribution in [0.3, 0.4) is 0 Å². The summed E-state index contributed by atoms with van der Waals surface area (Å²) in [4.78, 5) is 12.1. The molecule has 0 saturated heterocycles. The topological polar surface area (TPSA) is 52.3 Å². The molecule has 1 aromatic carbocycles. The molecular weight excluding hydrogens is 297 g/mol. The van der Waals surface area contributed by atoms with E-state index in [-0.39, 0.29) is 17.9 Å². The fraction of sp³-hybridized carbons (Fsp3) is 0.533. The Morgan fingerprint density at radius 2 is 2.20 bits per heavy atom. The third-order valence-corrected chi connectivity index (χ3v) is 4.54. The molecule has 1 aliphatic rings. The molecule has 0 saturated carbocycles. The first-order valence-electron chi connectivity index (χ1n) is 6.93. The van der Waals surface area contributed by atoms with Crippen molar-refractivity contribution >= 4 is 29.2 Å². The SMILES string of the molecule is CCCCOC(=O)[C@@H]1Cc2c(ccc(Cl)c2Cl)[C@@H](N)C1. The number of ether oxygens (including phenoxy) is 1. The summed E-state index contributed by atoms with van der Waals surface area (Å²) in [5.74, 6) is -0.416. The van der Waals surface area contributed by atoms with Crippen molar-refractivity contribution < 1.29 is 9.53 Å². The van der Waals surface area contributed by atoms with Crippen LogP contribution in [0, 0.1) is 5.92 Å². The quantitative estimate of drug-likeness (QED) is 0.677. The van der Waals surface area contributed by atoms with Crippen LogP contribution in [0.1, 0.15) is 43.4 Å². The first kappa shape index (κ1) is 15.6. The molecule has 1 aromatic rings. The number of esters is 1. The molecule has 0 aliphatic heterocycles. The first-order valence-corrected chi connectivity index (χ1v) is 7.69. The maximum Gasteiger partial charge on any atom is 0.309 e. The van der Waals surface area contributed by atoms with Gasteiger partial charge >= 0.3 is 5.97 Å². The third-order valence-electron chi connectivity index (χ3n) is 3.70. The summed E-state index contributed by atoms with van der Waals surface area (Å²) < 4.78 is 5.28. The normalized spacial score (nSPS) is 21.4. The van der Waals surface area contributed by atoms with Crippen molar-refractivity contribution in [1.29, 1.82) is 0 Å². The average Bonchev–Trinajstić information content (AvgIpc) is 2.43. The standard InChI is InChI=1S/C15H19Cl2NO2/c1-2-3-6-20-15(19)9-7-11-10(13(18)8-9)4-5-12(16)14(11)17/h4-5,9,13H,2-3,6-8,18H2,1H3/t9-,13+/m1/s1. The Bertz CT molecular complexity index is 505. The molecule has 110 valence electrons. The molecule has 1 aliphatic carbocycles. The number of hydrogen-bond donors (Lipinski definition) is 1. The van der Waals surface area contributed by atoms with Crippen molar-refractivity contribution in [1.82, 2.24) is 0 Å². The van der Waals surface area contributed by atoms with Crippen LogP contribution in [-0.4, -0.2) is 12.6 Å². The van der Waals surface area contributed by atoms with Crippen LogP contribution in [-0.2, 0) is 16.0 Å². The number of fused-ring (bicyclic) bond motifs is 1. The van der Waals surface area contributed by atoms with Crippen LogP contribution >= 0.6 is 23.2 Å². The Morgan fingerprint density at radius 1 is 1.45 bits per heavy atom. The second kappa shape index (κ2) is 6.79. The Morgan fingerprint density at radius 3 is 2.90 bits per heavy atom. The molecule has 3 nitrogen and oxygen atoms in total. The van der Waals surface area contributed by atoms with Gasteiger partial charge in [0.05, 0.1) is 22.6 Å². The summed E-state index contributed by atoms with van der Waals surface area (Å²) in [6, 6.07) is 3.45. The first-order chi connectivity index (χ1) is 9.54. The minimum atomic E-state index is -0.231. The molecule has 2 rings (SSSR count). The molecule has 0 fully saturated rings. The number of hydrogen-bond acceptors (Lipinski definition) is 3. The van der Waals surface area contributed by atoms with Gasteiger partial charge in [0, 0.05) is 6.04 Å². The molecule has 2 atom stereocenters. The highest BCUT2D eigenvalue weighted by molar-refractivity contribution is 6.42. The Labute approximate surface area is 129 Å². The van der Waals surface area contributed by atoms with Crippen molar-refractivity contribution in [2.24, 2.45) is 11.7 Å². The minimum Gasteiger partial charge on any atom is -0.465 e. The van der Waals surface area contributed by atoms with Gasteiger partial charge in [-0.1, -0.05) is 42.6 Å². The third kappa shape index (κ3) is 3.27. The molecule has 5 heteroatoms. The molecular formula is C15H19Cl2NO2. The van der Waals surface area contributed by atoms with Crippen LogP contribution in [0.2, 0.25) is 10.0 Å². The predicted octanol–water partition coefficient (Wildman–Crippen LogP) is 3.90. The van der Waals surface area contributed by atoms with E-state index in [1.165, 1.54) is 0 Å². The highest BCUT2D eigenvalue weighted by atomic mass is 35.5. The van der Waals surface area contributed by atoms with Gasteiger partial charge in [0.2, 0.25) is 0 Å². The van der Waals surface area contributed by atoms with E-state index in [9.17, 15) is 4.79 Å². The number of benzene rings is 1. The average molecular weight is 316 g/mol. The fourth-order valence-corrected chi connectivity index (χ4v) is 2.97. The van der Waals surface area contributed by atoms with E-state index in [1.54, 1.807) is 6.07 Å². The van der Waals surface area contributed by atoms with Crippen LogP contribution in [0.5, 0.6) is 0 Å². The zero-order chi connectivity index (χ0) is 14.7. The van der Waals surface area contributed by atoms with Crippen LogP contribution in [0.15, 0.2) is 12.1 Å². The summed E-state index contributed by atoms with van der Waals surface area (Å²) in [6.45, 7) is 2.53. The monoisotopic (exact) mass is 315 g/mol. The highest BCUT2D eigenvalue weighted by Crippen LogP contribution is 2.39. The number of unbranched alkanes of at least 4 members (excludes halogenated alkanes) is 1. The lowest BCUT2D eigenvalue weighted by Crippen LogP contribution is -2.30. The second-order valence-corrected chi connectivity index (χ2v) is 5.98. The lowest BCUT2D eigenvalue weighted by molar-refractivity contribution is -0.149. The number of carbonyl (C=O) groups is 1. The van der Waals surface area contributed by atoms with E-state index in [2.05, 4.69) is 6.92 Å². The van der Waals surface area contributed by atoms with Gasteiger partial charge in [-0.15, -0.1) is 0 Å². The van der Waals surface area contributed by atoms with Gasteiger partial charge in [0.25, 0.3) is 0 Å². The van der Waals surface area contributed by atoms with Gasteiger partial charge < -0.3 is 10.5 Å². The van der Waals surface area contributed by atoms with E-state index >= 15 is 0 Å². The molecule has 0 heterocycles. The molecule has 0 amide bonds. The number of carbonyl (C=O) groups excluding carboxylic acids is 1. The van der Waals surface area contributed by atoms with Crippen LogP contribution in [0.25, 0.3) is 0 Å². The molecule has 2 N–H and O–H groups in total. The summed E-state index contributed by atoms with van der Waals surface area (Å²) in [5, 5.41) is 1.00. The van der Waals surface area contributed by atoms with E-state index in [4.69, 9.17) is 33.7 Å². The highest BCUT2D eigenvalue weighted by Gasteiger charge is 2.32. The lowest BCUT2D eigenvalue weighted by Gasteiger charge is -2.29. The second-order valence-electron chi connectivity index (χ2n) is 5.19. The van der Waals surface area contributed by atoms with Gasteiger partial charge in [-0.25, -0.2) is 0 Å². The van der Waals surface area contributed by atoms with Crippen molar-refractivity contribution in [3.63, 3.8) is 0 Å². The minimum absolute atomic E-state index is 0.185. The maximum absolute atomic E-state index is 12.1. The van der Waals surface area contributed by atoms with Crippen molar-refractivity contribution in [2.45, 2.75) is 38.6 Å². The number of nitrogens with two attached hydrogens (primary N) is 1.